The van der Waals surface area contributed by atoms with Crippen LogP contribution in [-0.4, -0.2) is 29.2 Å². The molecule has 0 fully saturated rings. The summed E-state index contributed by atoms with van der Waals surface area (Å²) in [5.74, 6) is 2.00. The summed E-state index contributed by atoms with van der Waals surface area (Å²) in [5, 5.41) is 3.75. The van der Waals surface area contributed by atoms with Crippen molar-refractivity contribution in [1.29, 1.82) is 0 Å². The first-order valence-electron chi connectivity index (χ1n) is 7.30. The van der Waals surface area contributed by atoms with E-state index < -0.39 is 0 Å². The molecule has 3 N–H and O–H groups in total. The zero-order chi connectivity index (χ0) is 18.2. The van der Waals surface area contributed by atoms with E-state index in [4.69, 9.17) is 32.4 Å². The van der Waals surface area contributed by atoms with Crippen molar-refractivity contribution in [2.24, 2.45) is 0 Å². The number of halogens is 1. The number of anilines is 2. The van der Waals surface area contributed by atoms with Crippen molar-refractivity contribution in [3.8, 4) is 11.5 Å². The normalized spacial score (nSPS) is 11.5. The molecule has 1 heterocycles. The van der Waals surface area contributed by atoms with Gasteiger partial charge in [0.25, 0.3) is 0 Å². The second-order valence-electron chi connectivity index (χ2n) is 6.34. The fraction of sp³-hybridized carbons (Fsp3) is 0.438. The van der Waals surface area contributed by atoms with Crippen molar-refractivity contribution in [1.82, 2.24) is 9.97 Å². The molecule has 2 rings (SSSR count). The van der Waals surface area contributed by atoms with Crippen LogP contribution < -0.4 is 20.5 Å². The largest absolute Gasteiger partial charge is 0.492 e. The topological polar surface area (TPSA) is 82.3 Å². The van der Waals surface area contributed by atoms with Gasteiger partial charge in [-0.2, -0.15) is 0 Å². The van der Waals surface area contributed by atoms with Gasteiger partial charge in [0.1, 0.15) is 11.6 Å². The number of fused-ring (bicyclic) bond motifs is 1. The summed E-state index contributed by atoms with van der Waals surface area (Å²) in [7, 11) is 3.12. The minimum atomic E-state index is -0.247. The Morgan fingerprint density at radius 3 is 2.21 bits per heavy atom. The summed E-state index contributed by atoms with van der Waals surface area (Å²) in [5.41, 5.74) is 7.25. The molecule has 0 aliphatic carbocycles. The molecule has 0 aliphatic heterocycles. The smallest absolute Gasteiger partial charge is 0.186 e. The second-order valence-corrected chi connectivity index (χ2v) is 7.75. The van der Waals surface area contributed by atoms with Gasteiger partial charge in [-0.25, -0.2) is 9.97 Å². The maximum Gasteiger partial charge on any atom is 0.186 e. The van der Waals surface area contributed by atoms with Crippen molar-refractivity contribution in [2.75, 3.05) is 25.3 Å². The number of thiocarbonyl (C=S) groups is 1. The molecule has 0 atom stereocenters. The van der Waals surface area contributed by atoms with Crippen LogP contribution in [0.4, 0.5) is 11.5 Å². The lowest BCUT2D eigenvalue weighted by molar-refractivity contribution is 0.355. The van der Waals surface area contributed by atoms with Crippen LogP contribution >= 0.6 is 28.1 Å². The number of methoxy groups -OCH3 is 2. The molecule has 2 aromatic rings. The molecule has 130 valence electrons. The van der Waals surface area contributed by atoms with Crippen molar-refractivity contribution < 1.29 is 9.47 Å². The highest BCUT2D eigenvalue weighted by molar-refractivity contribution is 9.10. The first kappa shape index (κ1) is 18.7. The van der Waals surface area contributed by atoms with E-state index in [0.717, 1.165) is 0 Å². The van der Waals surface area contributed by atoms with E-state index in [-0.39, 0.29) is 5.41 Å². The fourth-order valence-electron chi connectivity index (χ4n) is 2.33. The van der Waals surface area contributed by atoms with E-state index in [9.17, 15) is 0 Å². The summed E-state index contributed by atoms with van der Waals surface area (Å²) in [6, 6.07) is 0. The number of nitrogens with two attached hydrogens (primary N) is 1. The molecule has 6 nitrogen and oxygen atoms in total. The summed E-state index contributed by atoms with van der Waals surface area (Å²) in [4.78, 5) is 9.75. The number of nitrogens with one attached hydrogen (secondary N) is 1. The van der Waals surface area contributed by atoms with E-state index >= 15 is 0 Å². The van der Waals surface area contributed by atoms with Crippen LogP contribution in [0.2, 0.25) is 0 Å². The Balaban J connectivity index is 3.00. The third kappa shape index (κ3) is 3.25. The number of ether oxygens (including phenoxy) is 2. The van der Waals surface area contributed by atoms with Gasteiger partial charge in [0.15, 0.2) is 11.5 Å². The average molecular weight is 413 g/mol. The van der Waals surface area contributed by atoms with Crippen LogP contribution in [0.25, 0.3) is 10.9 Å². The van der Waals surface area contributed by atoms with E-state index in [0.29, 0.717) is 49.2 Å². The number of benzene rings is 1. The maximum absolute atomic E-state index is 6.26. The van der Waals surface area contributed by atoms with Crippen LogP contribution in [0.15, 0.2) is 4.47 Å². The SMILES string of the molecule is COc1c(OC)c(NC(C)=S)c2c(N)nc(C(C)(C)C)nc2c1Br. The van der Waals surface area contributed by atoms with Gasteiger partial charge in [-0.05, 0) is 22.9 Å². The summed E-state index contributed by atoms with van der Waals surface area (Å²) < 4.78 is 11.7. The minimum Gasteiger partial charge on any atom is -0.492 e. The number of aromatic nitrogens is 2. The second kappa shape index (κ2) is 6.68. The lowest BCUT2D eigenvalue weighted by Gasteiger charge is -2.22. The van der Waals surface area contributed by atoms with Crippen LogP contribution in [0.5, 0.6) is 11.5 Å². The molecule has 0 amide bonds. The number of rotatable bonds is 3. The highest BCUT2D eigenvalue weighted by atomic mass is 79.9. The zero-order valence-electron chi connectivity index (χ0n) is 14.6. The van der Waals surface area contributed by atoms with E-state index in [2.05, 4.69) is 26.2 Å². The predicted molar refractivity (Wildman–Crippen MR) is 105 cm³/mol. The van der Waals surface area contributed by atoms with Gasteiger partial charge in [-0.3, -0.25) is 0 Å². The number of nitrogen functional groups attached to an aromatic ring is 1. The minimum absolute atomic E-state index is 0.247. The van der Waals surface area contributed by atoms with Crippen molar-refractivity contribution in [3.05, 3.63) is 10.3 Å². The van der Waals surface area contributed by atoms with Crippen molar-refractivity contribution >= 4 is 55.5 Å². The molecule has 0 bridgehead atoms. The van der Waals surface area contributed by atoms with Crippen LogP contribution in [0, 0.1) is 0 Å². The lowest BCUT2D eigenvalue weighted by atomic mass is 9.95. The third-order valence-corrected chi connectivity index (χ3v) is 4.25. The van der Waals surface area contributed by atoms with Gasteiger partial charge in [-0.15, -0.1) is 0 Å². The fourth-order valence-corrected chi connectivity index (χ4v) is 3.06. The van der Waals surface area contributed by atoms with E-state index in [1.54, 1.807) is 21.1 Å². The summed E-state index contributed by atoms with van der Waals surface area (Å²) >= 11 is 8.75. The summed E-state index contributed by atoms with van der Waals surface area (Å²) in [6.07, 6.45) is 0. The molecule has 0 saturated carbocycles. The van der Waals surface area contributed by atoms with Crippen molar-refractivity contribution in [2.45, 2.75) is 33.1 Å². The molecular formula is C16H21BrN4O2S. The Morgan fingerprint density at radius 2 is 1.75 bits per heavy atom. The highest BCUT2D eigenvalue weighted by Gasteiger charge is 2.26. The van der Waals surface area contributed by atoms with Crippen LogP contribution in [0.1, 0.15) is 33.5 Å². The van der Waals surface area contributed by atoms with Gasteiger partial charge in [-0.1, -0.05) is 33.0 Å². The Labute approximate surface area is 155 Å². The van der Waals surface area contributed by atoms with Crippen LogP contribution in [0.3, 0.4) is 0 Å². The van der Waals surface area contributed by atoms with E-state index in [1.807, 2.05) is 20.8 Å². The van der Waals surface area contributed by atoms with E-state index in [1.165, 1.54) is 0 Å². The third-order valence-electron chi connectivity index (χ3n) is 3.41. The Bertz CT molecular complexity index is 818. The molecule has 1 aromatic carbocycles. The van der Waals surface area contributed by atoms with Gasteiger partial charge >= 0.3 is 0 Å². The first-order valence-corrected chi connectivity index (χ1v) is 8.50. The van der Waals surface area contributed by atoms with Gasteiger partial charge < -0.3 is 20.5 Å². The quantitative estimate of drug-likeness (QED) is 0.735. The molecule has 0 unspecified atom stereocenters. The molecule has 0 spiro atoms. The van der Waals surface area contributed by atoms with Crippen LogP contribution in [-0.2, 0) is 5.41 Å². The zero-order valence-corrected chi connectivity index (χ0v) is 17.0. The number of hydrogen-bond donors (Lipinski definition) is 2. The summed E-state index contributed by atoms with van der Waals surface area (Å²) in [6.45, 7) is 7.86. The molecule has 1 aromatic heterocycles. The Kier molecular flexibility index (Phi) is 5.19. The monoisotopic (exact) mass is 412 g/mol. The van der Waals surface area contributed by atoms with Gasteiger partial charge in [0.05, 0.1) is 40.3 Å². The van der Waals surface area contributed by atoms with Gasteiger partial charge in [0.2, 0.25) is 0 Å². The average Bonchev–Trinajstić information content (AvgIpc) is 2.47. The first-order chi connectivity index (χ1) is 11.1. The number of nitrogens with zero attached hydrogens (tertiary/aromatic N) is 2. The maximum atomic E-state index is 6.26. The van der Waals surface area contributed by atoms with Crippen molar-refractivity contribution in [3.63, 3.8) is 0 Å². The highest BCUT2D eigenvalue weighted by Crippen LogP contribution is 2.48. The van der Waals surface area contributed by atoms with Gasteiger partial charge in [0, 0.05) is 5.41 Å². The molecule has 0 saturated heterocycles. The molecule has 0 radical (unpaired) electrons. The molecule has 24 heavy (non-hydrogen) atoms. The Morgan fingerprint density at radius 1 is 1.17 bits per heavy atom. The predicted octanol–water partition coefficient (Wildman–Crippen LogP) is 4.05. The molecular weight excluding hydrogens is 392 g/mol. The molecule has 8 heteroatoms. The Hall–Kier alpha value is -1.67. The lowest BCUT2D eigenvalue weighted by Crippen LogP contribution is -2.18. The number of hydrogen-bond acceptors (Lipinski definition) is 6. The standard InChI is InChI=1S/C16H21BrN4O2S/c1-7(24)19-11-8-10(9(17)12(22-5)13(11)23-6)20-15(16(2,3)4)21-14(8)18/h1-6H3,(H,19,24)(H2,18,20,21). The molecule has 0 aliphatic rings.